The van der Waals surface area contributed by atoms with Gasteiger partial charge in [0.2, 0.25) is 0 Å². The van der Waals surface area contributed by atoms with Crippen molar-refractivity contribution in [2.45, 2.75) is 44.6 Å². The van der Waals surface area contributed by atoms with E-state index in [2.05, 4.69) is 14.9 Å². The number of carboxylic acids is 1. The topological polar surface area (TPSA) is 80.0 Å². The maximum absolute atomic E-state index is 11.2. The van der Waals surface area contributed by atoms with Crippen molar-refractivity contribution in [1.29, 1.82) is 0 Å². The predicted molar refractivity (Wildman–Crippen MR) is 93.1 cm³/mol. The van der Waals surface area contributed by atoms with Crippen LogP contribution in [0.5, 0.6) is 0 Å². The number of fused-ring (bicyclic) bond motifs is 1. The molecule has 1 N–H and O–H groups in total. The van der Waals surface area contributed by atoms with E-state index in [1.807, 2.05) is 0 Å². The van der Waals surface area contributed by atoms with E-state index in [1.54, 1.807) is 16.8 Å². The molecule has 1 aliphatic carbocycles. The molecule has 3 heterocycles. The molecule has 2 aromatic rings. The third-order valence-electron chi connectivity index (χ3n) is 5.36. The van der Waals surface area contributed by atoms with Crippen LogP contribution in [0.4, 0.5) is 5.82 Å². The molecule has 134 valence electrons. The third kappa shape index (κ3) is 3.46. The van der Waals surface area contributed by atoms with E-state index >= 15 is 0 Å². The monoisotopic (exact) mass is 344 g/mol. The summed E-state index contributed by atoms with van der Waals surface area (Å²) in [5.74, 6) is 0.491. The second-order valence-corrected chi connectivity index (χ2v) is 7.08. The first-order chi connectivity index (χ1) is 12.2. The van der Waals surface area contributed by atoms with Crippen LogP contribution in [0.1, 0.15) is 49.0 Å². The Labute approximate surface area is 146 Å². The average Bonchev–Trinajstić information content (AvgIpc) is 3.29. The number of ether oxygens (including phenoxy) is 1. The molecule has 0 aromatic carbocycles. The molecular formula is C18H24N4O3. The molecule has 25 heavy (non-hydrogen) atoms. The van der Waals surface area contributed by atoms with Gasteiger partial charge in [0.1, 0.15) is 0 Å². The average molecular weight is 344 g/mol. The molecule has 7 nitrogen and oxygen atoms in total. The van der Waals surface area contributed by atoms with Crippen LogP contribution in [0.3, 0.4) is 0 Å². The normalized spacial score (nSPS) is 19.8. The lowest BCUT2D eigenvalue weighted by molar-refractivity contribution is 0.0164. The number of piperidine rings is 1. The highest BCUT2D eigenvalue weighted by Gasteiger charge is 2.25. The maximum Gasteiger partial charge on any atom is 0.356 e. The smallest absolute Gasteiger partial charge is 0.356 e. The first-order valence-corrected chi connectivity index (χ1v) is 9.14. The first kappa shape index (κ1) is 16.3. The van der Waals surface area contributed by atoms with Crippen LogP contribution in [-0.4, -0.2) is 51.2 Å². The zero-order chi connectivity index (χ0) is 17.2. The summed E-state index contributed by atoms with van der Waals surface area (Å²) in [4.78, 5) is 22.0. The Morgan fingerprint density at radius 2 is 2.00 bits per heavy atom. The summed E-state index contributed by atoms with van der Waals surface area (Å²) >= 11 is 0. The quantitative estimate of drug-likeness (QED) is 0.898. The number of anilines is 1. The van der Waals surface area contributed by atoms with Crippen molar-refractivity contribution in [3.8, 4) is 0 Å². The predicted octanol–water partition coefficient (Wildman–Crippen LogP) is 2.60. The highest BCUT2D eigenvalue weighted by Crippen LogP contribution is 2.27. The van der Waals surface area contributed by atoms with Crippen LogP contribution in [0.15, 0.2) is 18.6 Å². The number of aromatic carboxylic acids is 1. The van der Waals surface area contributed by atoms with Crippen molar-refractivity contribution in [1.82, 2.24) is 14.4 Å². The molecule has 0 atom stereocenters. The molecule has 2 aromatic heterocycles. The molecule has 1 saturated heterocycles. The molecule has 4 rings (SSSR count). The summed E-state index contributed by atoms with van der Waals surface area (Å²) in [6.45, 7) is 2.62. The van der Waals surface area contributed by atoms with Crippen LogP contribution in [0.2, 0.25) is 0 Å². The summed E-state index contributed by atoms with van der Waals surface area (Å²) in [5, 5.41) is 9.14. The van der Waals surface area contributed by atoms with Crippen molar-refractivity contribution in [3.05, 3.63) is 24.3 Å². The Balaban J connectivity index is 1.40. The molecule has 0 bridgehead atoms. The second kappa shape index (κ2) is 7.00. The van der Waals surface area contributed by atoms with Crippen LogP contribution in [-0.2, 0) is 4.74 Å². The van der Waals surface area contributed by atoms with Gasteiger partial charge in [0.15, 0.2) is 17.2 Å². The minimum atomic E-state index is -1.02. The largest absolute Gasteiger partial charge is 0.476 e. The summed E-state index contributed by atoms with van der Waals surface area (Å²) in [6, 6.07) is 0. The molecule has 0 amide bonds. The molecule has 2 fully saturated rings. The molecule has 2 aliphatic rings. The Kier molecular flexibility index (Phi) is 4.57. The number of hydrogen-bond donors (Lipinski definition) is 1. The summed E-state index contributed by atoms with van der Waals surface area (Å²) in [6.07, 6.45) is 12.6. The van der Waals surface area contributed by atoms with Gasteiger partial charge >= 0.3 is 5.97 Å². The fourth-order valence-electron chi connectivity index (χ4n) is 3.92. The minimum Gasteiger partial charge on any atom is -0.476 e. The van der Waals surface area contributed by atoms with Gasteiger partial charge in [-0.3, -0.25) is 0 Å². The lowest BCUT2D eigenvalue weighted by Gasteiger charge is -2.33. The van der Waals surface area contributed by atoms with Crippen LogP contribution >= 0.6 is 0 Å². The molecule has 0 spiro atoms. The first-order valence-electron chi connectivity index (χ1n) is 9.14. The second-order valence-electron chi connectivity index (χ2n) is 7.08. The SMILES string of the molecule is O=C(O)c1cn2ccnc(N3CCC(OCC4CCCC4)CC3)c2n1. The van der Waals surface area contributed by atoms with Crippen LogP contribution < -0.4 is 4.90 Å². The number of hydrogen-bond acceptors (Lipinski definition) is 5. The van der Waals surface area contributed by atoms with Gasteiger partial charge in [0.25, 0.3) is 0 Å². The molecular weight excluding hydrogens is 320 g/mol. The number of carboxylic acid groups (broad SMARTS) is 1. The lowest BCUT2D eigenvalue weighted by atomic mass is 10.1. The van der Waals surface area contributed by atoms with Crippen molar-refractivity contribution < 1.29 is 14.6 Å². The van der Waals surface area contributed by atoms with Gasteiger partial charge in [-0.05, 0) is 31.6 Å². The molecule has 7 heteroatoms. The highest BCUT2D eigenvalue weighted by molar-refractivity contribution is 5.87. The molecule has 0 unspecified atom stereocenters. The summed E-state index contributed by atoms with van der Waals surface area (Å²) in [7, 11) is 0. The van der Waals surface area contributed by atoms with E-state index in [4.69, 9.17) is 9.84 Å². The van der Waals surface area contributed by atoms with Crippen molar-refractivity contribution >= 4 is 17.4 Å². The number of aromatic nitrogens is 3. The highest BCUT2D eigenvalue weighted by atomic mass is 16.5. The van der Waals surface area contributed by atoms with Crippen molar-refractivity contribution in [2.75, 3.05) is 24.6 Å². The lowest BCUT2D eigenvalue weighted by Crippen LogP contribution is -2.38. The van der Waals surface area contributed by atoms with Gasteiger partial charge in [0, 0.05) is 38.3 Å². The molecule has 0 radical (unpaired) electrons. The van der Waals surface area contributed by atoms with Gasteiger partial charge in [-0.25, -0.2) is 14.8 Å². The number of nitrogens with zero attached hydrogens (tertiary/aromatic N) is 4. The van der Waals surface area contributed by atoms with Gasteiger partial charge in [-0.1, -0.05) is 12.8 Å². The maximum atomic E-state index is 11.2. The van der Waals surface area contributed by atoms with E-state index in [0.29, 0.717) is 11.8 Å². The number of rotatable bonds is 5. The Morgan fingerprint density at radius 1 is 1.24 bits per heavy atom. The Bertz CT molecular complexity index is 746. The molecule has 1 saturated carbocycles. The Hall–Kier alpha value is -2.15. The van der Waals surface area contributed by atoms with Gasteiger partial charge in [-0.2, -0.15) is 0 Å². The zero-order valence-electron chi connectivity index (χ0n) is 14.3. The summed E-state index contributed by atoms with van der Waals surface area (Å²) in [5.41, 5.74) is 0.647. The summed E-state index contributed by atoms with van der Waals surface area (Å²) < 4.78 is 7.86. The zero-order valence-corrected chi connectivity index (χ0v) is 14.3. The van der Waals surface area contributed by atoms with E-state index in [9.17, 15) is 4.79 Å². The van der Waals surface area contributed by atoms with Crippen molar-refractivity contribution in [2.24, 2.45) is 5.92 Å². The van der Waals surface area contributed by atoms with Gasteiger partial charge in [-0.15, -0.1) is 0 Å². The standard InChI is InChI=1S/C18H24N4O3/c23-18(24)15-11-22-10-7-19-16(17(22)20-15)21-8-5-14(6-9-21)25-12-13-3-1-2-4-13/h7,10-11,13-14H,1-6,8-9,12H2,(H,23,24). The third-order valence-corrected chi connectivity index (χ3v) is 5.36. The minimum absolute atomic E-state index is 0.0454. The fourth-order valence-corrected chi connectivity index (χ4v) is 3.92. The van der Waals surface area contributed by atoms with Crippen LogP contribution in [0, 0.1) is 5.92 Å². The van der Waals surface area contributed by atoms with Gasteiger partial charge < -0.3 is 19.1 Å². The number of carbonyl (C=O) groups is 1. The van der Waals surface area contributed by atoms with E-state index < -0.39 is 5.97 Å². The van der Waals surface area contributed by atoms with E-state index in [-0.39, 0.29) is 5.69 Å². The van der Waals surface area contributed by atoms with Crippen molar-refractivity contribution in [3.63, 3.8) is 0 Å². The molecule has 1 aliphatic heterocycles. The number of imidazole rings is 1. The van der Waals surface area contributed by atoms with E-state index in [1.165, 1.54) is 31.9 Å². The fraction of sp³-hybridized carbons (Fsp3) is 0.611. The van der Waals surface area contributed by atoms with Gasteiger partial charge in [0.05, 0.1) is 6.10 Å². The van der Waals surface area contributed by atoms with Crippen LogP contribution in [0.25, 0.3) is 5.65 Å². The Morgan fingerprint density at radius 3 is 2.72 bits per heavy atom. The van der Waals surface area contributed by atoms with E-state index in [0.717, 1.165) is 44.3 Å².